The number of nitrogens with two attached hydrogens (primary N) is 2. The first kappa shape index (κ1) is 13.4. The summed E-state index contributed by atoms with van der Waals surface area (Å²) in [4.78, 5) is 10.9. The first-order chi connectivity index (χ1) is 7.13. The maximum Gasteiger partial charge on any atom is 0.234 e. The van der Waals surface area contributed by atoms with E-state index in [1.54, 1.807) is 0 Å². The molecule has 15 heavy (non-hydrogen) atoms. The summed E-state index contributed by atoms with van der Waals surface area (Å²) in [5.41, 5.74) is 12.5. The van der Waals surface area contributed by atoms with Gasteiger partial charge in [0.2, 0.25) is 5.91 Å². The number of rotatable bonds is 5. The fraction of sp³-hybridized carbons (Fsp3) is 0.364. The van der Waals surface area contributed by atoms with E-state index < -0.39 is 0 Å². The van der Waals surface area contributed by atoms with Crippen molar-refractivity contribution in [1.29, 1.82) is 0 Å². The van der Waals surface area contributed by atoms with Crippen LogP contribution in [0.1, 0.15) is 13.8 Å². The average Bonchev–Trinajstić information content (AvgIpc) is 2.25. The Kier molecular flexibility index (Phi) is 7.01. The second-order valence-corrected chi connectivity index (χ2v) is 3.11. The molecule has 5 N–H and O–H groups in total. The second kappa shape index (κ2) is 7.82. The molecule has 0 aliphatic rings. The van der Waals surface area contributed by atoms with Gasteiger partial charge in [-0.3, -0.25) is 4.79 Å². The Morgan fingerprint density at radius 1 is 1.47 bits per heavy atom. The zero-order chi connectivity index (χ0) is 11.7. The molecule has 0 saturated carbocycles. The molecule has 0 saturated heterocycles. The highest BCUT2D eigenvalue weighted by Gasteiger charge is 1.97. The molecule has 0 unspecified atom stereocenters. The third kappa shape index (κ3) is 6.51. The number of carbonyl (C=O) groups is 1. The molecule has 0 fully saturated rings. The Bertz CT molecular complexity index is 290. The number of carbonyl (C=O) groups excluding carboxylic acids is 1. The third-order valence-corrected chi connectivity index (χ3v) is 1.73. The molecule has 0 aromatic rings. The predicted molar refractivity (Wildman–Crippen MR) is 62.9 cm³/mol. The minimum absolute atomic E-state index is 0.00876. The van der Waals surface area contributed by atoms with Crippen LogP contribution in [0.25, 0.3) is 0 Å². The minimum Gasteiger partial charge on any atom is -0.404 e. The van der Waals surface area contributed by atoms with E-state index in [1.165, 1.54) is 6.20 Å². The Hall–Kier alpha value is -1.55. The van der Waals surface area contributed by atoms with E-state index in [9.17, 15) is 4.79 Å². The van der Waals surface area contributed by atoms with Crippen molar-refractivity contribution < 1.29 is 4.79 Å². The summed E-state index contributed by atoms with van der Waals surface area (Å²) >= 11 is 0. The van der Waals surface area contributed by atoms with Crippen molar-refractivity contribution in [2.75, 3.05) is 13.1 Å². The lowest BCUT2D eigenvalue weighted by Crippen LogP contribution is -2.31. The average molecular weight is 209 g/mol. The number of hydrogen-bond donors (Lipinski definition) is 3. The topological polar surface area (TPSA) is 81.1 Å². The summed E-state index contributed by atoms with van der Waals surface area (Å²) in [6.07, 6.45) is 7.26. The van der Waals surface area contributed by atoms with Crippen molar-refractivity contribution >= 4 is 5.91 Å². The Morgan fingerprint density at radius 3 is 2.60 bits per heavy atom. The monoisotopic (exact) mass is 209 g/mol. The van der Waals surface area contributed by atoms with E-state index in [1.807, 2.05) is 32.1 Å². The van der Waals surface area contributed by atoms with Gasteiger partial charge in [-0.2, -0.15) is 0 Å². The van der Waals surface area contributed by atoms with E-state index in [0.717, 1.165) is 11.1 Å². The molecule has 4 heteroatoms. The zero-order valence-electron chi connectivity index (χ0n) is 9.29. The summed E-state index contributed by atoms with van der Waals surface area (Å²) in [5, 5.41) is 2.70. The fourth-order valence-electron chi connectivity index (χ4n) is 0.986. The molecule has 0 aliphatic heterocycles. The van der Waals surface area contributed by atoms with Crippen molar-refractivity contribution in [3.05, 3.63) is 35.6 Å². The highest BCUT2D eigenvalue weighted by Crippen LogP contribution is 2.01. The third-order valence-electron chi connectivity index (χ3n) is 1.73. The molecular weight excluding hydrogens is 190 g/mol. The Balaban J connectivity index is 4.41. The van der Waals surface area contributed by atoms with Gasteiger partial charge < -0.3 is 16.8 Å². The normalized spacial score (nSPS) is 13.3. The van der Waals surface area contributed by atoms with Gasteiger partial charge in [0.1, 0.15) is 0 Å². The molecule has 0 atom stereocenters. The van der Waals surface area contributed by atoms with Crippen LogP contribution in [0.2, 0.25) is 0 Å². The van der Waals surface area contributed by atoms with E-state index in [-0.39, 0.29) is 12.5 Å². The molecular formula is C11H19N3O. The van der Waals surface area contributed by atoms with Crippen LogP contribution in [0.3, 0.4) is 0 Å². The van der Waals surface area contributed by atoms with E-state index in [2.05, 4.69) is 5.32 Å². The summed E-state index contributed by atoms with van der Waals surface area (Å²) in [6.45, 7) is 4.29. The second-order valence-electron chi connectivity index (χ2n) is 3.11. The fourth-order valence-corrected chi connectivity index (χ4v) is 0.986. The van der Waals surface area contributed by atoms with Crippen LogP contribution in [-0.4, -0.2) is 19.0 Å². The SMILES string of the molecule is C\C=C/C(=C\C(C)=C/N)CNC(=O)CN. The van der Waals surface area contributed by atoms with E-state index >= 15 is 0 Å². The van der Waals surface area contributed by atoms with Gasteiger partial charge in [0.25, 0.3) is 0 Å². The first-order valence-corrected chi connectivity index (χ1v) is 4.82. The molecule has 0 bridgehead atoms. The van der Waals surface area contributed by atoms with Crippen LogP contribution < -0.4 is 16.8 Å². The van der Waals surface area contributed by atoms with Gasteiger partial charge in [-0.05, 0) is 31.2 Å². The van der Waals surface area contributed by atoms with Crippen molar-refractivity contribution in [1.82, 2.24) is 5.32 Å². The van der Waals surface area contributed by atoms with Crippen LogP contribution in [0.5, 0.6) is 0 Å². The van der Waals surface area contributed by atoms with Crippen molar-refractivity contribution in [3.8, 4) is 0 Å². The Morgan fingerprint density at radius 2 is 2.13 bits per heavy atom. The summed E-state index contributed by atoms with van der Waals surface area (Å²) in [7, 11) is 0. The van der Waals surface area contributed by atoms with Gasteiger partial charge in [-0.15, -0.1) is 0 Å². The largest absolute Gasteiger partial charge is 0.404 e. The first-order valence-electron chi connectivity index (χ1n) is 4.82. The molecule has 0 radical (unpaired) electrons. The lowest BCUT2D eigenvalue weighted by Gasteiger charge is -2.04. The van der Waals surface area contributed by atoms with Gasteiger partial charge in [0.05, 0.1) is 6.54 Å². The lowest BCUT2D eigenvalue weighted by atomic mass is 10.1. The standard InChI is InChI=1S/C11H19N3O/c1-3-4-10(5-9(2)6-12)8-14-11(15)7-13/h3-6H,7-8,12-13H2,1-2H3,(H,14,15)/b4-3-,9-6-,10-5+. The zero-order valence-corrected chi connectivity index (χ0v) is 9.29. The molecule has 4 nitrogen and oxygen atoms in total. The van der Waals surface area contributed by atoms with Gasteiger partial charge >= 0.3 is 0 Å². The molecule has 0 spiro atoms. The summed E-state index contributed by atoms with van der Waals surface area (Å²) < 4.78 is 0. The van der Waals surface area contributed by atoms with Gasteiger partial charge in [0.15, 0.2) is 0 Å². The van der Waals surface area contributed by atoms with Gasteiger partial charge in [-0.1, -0.05) is 18.2 Å². The van der Waals surface area contributed by atoms with Gasteiger partial charge in [0, 0.05) is 6.54 Å². The maximum atomic E-state index is 10.9. The highest BCUT2D eigenvalue weighted by atomic mass is 16.1. The number of hydrogen-bond acceptors (Lipinski definition) is 3. The minimum atomic E-state index is -0.167. The van der Waals surface area contributed by atoms with Crippen molar-refractivity contribution in [2.24, 2.45) is 11.5 Å². The quantitative estimate of drug-likeness (QED) is 0.574. The van der Waals surface area contributed by atoms with Crippen LogP contribution in [0.4, 0.5) is 0 Å². The number of amides is 1. The number of nitrogens with one attached hydrogen (secondary N) is 1. The van der Waals surface area contributed by atoms with E-state index in [0.29, 0.717) is 6.54 Å². The van der Waals surface area contributed by atoms with Crippen LogP contribution in [0, 0.1) is 0 Å². The van der Waals surface area contributed by atoms with Crippen LogP contribution in [0.15, 0.2) is 35.6 Å². The summed E-state index contributed by atoms with van der Waals surface area (Å²) in [5.74, 6) is -0.167. The van der Waals surface area contributed by atoms with Gasteiger partial charge in [-0.25, -0.2) is 0 Å². The molecule has 0 rings (SSSR count). The Labute approximate surface area is 90.7 Å². The van der Waals surface area contributed by atoms with Crippen LogP contribution in [-0.2, 0) is 4.79 Å². The molecule has 0 aliphatic carbocycles. The molecule has 0 aromatic heterocycles. The van der Waals surface area contributed by atoms with E-state index in [4.69, 9.17) is 11.5 Å². The van der Waals surface area contributed by atoms with Crippen LogP contribution >= 0.6 is 0 Å². The van der Waals surface area contributed by atoms with Crippen molar-refractivity contribution in [3.63, 3.8) is 0 Å². The molecule has 1 amide bonds. The maximum absolute atomic E-state index is 10.9. The summed E-state index contributed by atoms with van der Waals surface area (Å²) in [6, 6.07) is 0. The molecule has 0 aromatic carbocycles. The highest BCUT2D eigenvalue weighted by molar-refractivity contribution is 5.78. The predicted octanol–water partition coefficient (Wildman–Crippen LogP) is 0.426. The lowest BCUT2D eigenvalue weighted by molar-refractivity contribution is -0.119. The molecule has 84 valence electrons. The smallest absolute Gasteiger partial charge is 0.234 e. The number of allylic oxidation sites excluding steroid dienone is 3. The van der Waals surface area contributed by atoms with Crippen molar-refractivity contribution in [2.45, 2.75) is 13.8 Å². The molecule has 0 heterocycles.